The van der Waals surface area contributed by atoms with E-state index in [1.807, 2.05) is 30.3 Å². The van der Waals surface area contributed by atoms with Gasteiger partial charge in [-0.2, -0.15) is 0 Å². The van der Waals surface area contributed by atoms with Gasteiger partial charge in [-0.15, -0.1) is 0 Å². The van der Waals surface area contributed by atoms with Crippen LogP contribution in [0.5, 0.6) is 5.75 Å². The largest absolute Gasteiger partial charge is 0.487 e. The SMILES string of the molecule is c1ccc(OC2CN(c3cc(N4CCCCC4)ncn3)C2)cc1. The molecule has 120 valence electrons. The summed E-state index contributed by atoms with van der Waals surface area (Å²) in [5.41, 5.74) is 0. The summed E-state index contributed by atoms with van der Waals surface area (Å²) in [4.78, 5) is 13.5. The number of para-hydroxylation sites is 1. The van der Waals surface area contributed by atoms with Gasteiger partial charge < -0.3 is 14.5 Å². The first-order valence-electron chi connectivity index (χ1n) is 8.42. The highest BCUT2D eigenvalue weighted by molar-refractivity contribution is 5.52. The van der Waals surface area contributed by atoms with Crippen LogP contribution in [0.4, 0.5) is 11.6 Å². The van der Waals surface area contributed by atoms with Crippen molar-refractivity contribution in [3.05, 3.63) is 42.7 Å². The maximum Gasteiger partial charge on any atom is 0.134 e. The van der Waals surface area contributed by atoms with Crippen LogP contribution in [0.1, 0.15) is 19.3 Å². The minimum atomic E-state index is 0.241. The van der Waals surface area contributed by atoms with E-state index in [9.17, 15) is 0 Å². The number of hydrogen-bond donors (Lipinski definition) is 0. The Morgan fingerprint density at radius 2 is 1.57 bits per heavy atom. The van der Waals surface area contributed by atoms with E-state index in [1.165, 1.54) is 19.3 Å². The fourth-order valence-electron chi connectivity index (χ4n) is 3.20. The number of rotatable bonds is 4. The van der Waals surface area contributed by atoms with Crippen molar-refractivity contribution in [2.45, 2.75) is 25.4 Å². The number of nitrogens with zero attached hydrogens (tertiary/aromatic N) is 4. The predicted octanol–water partition coefficient (Wildman–Crippen LogP) is 2.73. The van der Waals surface area contributed by atoms with Crippen LogP contribution in [-0.2, 0) is 0 Å². The van der Waals surface area contributed by atoms with Crippen LogP contribution in [0.15, 0.2) is 42.7 Å². The lowest BCUT2D eigenvalue weighted by Gasteiger charge is -2.40. The summed E-state index contributed by atoms with van der Waals surface area (Å²) in [7, 11) is 0. The molecule has 2 saturated heterocycles. The van der Waals surface area contributed by atoms with E-state index in [1.54, 1.807) is 6.33 Å². The fraction of sp³-hybridized carbons (Fsp3) is 0.444. The van der Waals surface area contributed by atoms with Crippen LogP contribution >= 0.6 is 0 Å². The highest BCUT2D eigenvalue weighted by Gasteiger charge is 2.30. The van der Waals surface area contributed by atoms with Crippen molar-refractivity contribution >= 4 is 11.6 Å². The molecule has 5 heteroatoms. The van der Waals surface area contributed by atoms with Crippen LogP contribution in [-0.4, -0.2) is 42.3 Å². The molecule has 2 fully saturated rings. The number of hydrogen-bond acceptors (Lipinski definition) is 5. The van der Waals surface area contributed by atoms with Crippen LogP contribution in [0.3, 0.4) is 0 Å². The monoisotopic (exact) mass is 310 g/mol. The Balaban J connectivity index is 1.36. The third-order valence-corrected chi connectivity index (χ3v) is 4.54. The first-order valence-corrected chi connectivity index (χ1v) is 8.42. The molecule has 0 unspecified atom stereocenters. The van der Waals surface area contributed by atoms with Gasteiger partial charge in [0, 0.05) is 19.2 Å². The Morgan fingerprint density at radius 3 is 2.30 bits per heavy atom. The molecule has 0 N–H and O–H groups in total. The molecule has 1 aromatic carbocycles. The first kappa shape index (κ1) is 14.3. The molecular weight excluding hydrogens is 288 g/mol. The van der Waals surface area contributed by atoms with Crippen LogP contribution in [0, 0.1) is 0 Å². The summed E-state index contributed by atoms with van der Waals surface area (Å²) in [5, 5.41) is 0. The number of piperidine rings is 1. The van der Waals surface area contributed by atoms with Gasteiger partial charge in [0.25, 0.3) is 0 Å². The van der Waals surface area contributed by atoms with Crippen LogP contribution < -0.4 is 14.5 Å². The van der Waals surface area contributed by atoms with E-state index >= 15 is 0 Å². The molecule has 0 aliphatic carbocycles. The third-order valence-electron chi connectivity index (χ3n) is 4.54. The fourth-order valence-corrected chi connectivity index (χ4v) is 3.20. The number of anilines is 2. The van der Waals surface area contributed by atoms with Gasteiger partial charge in [0.05, 0.1) is 13.1 Å². The van der Waals surface area contributed by atoms with E-state index in [4.69, 9.17) is 4.74 Å². The van der Waals surface area contributed by atoms with Crippen molar-refractivity contribution in [1.29, 1.82) is 0 Å². The molecule has 1 aromatic heterocycles. The molecule has 0 bridgehead atoms. The zero-order valence-corrected chi connectivity index (χ0v) is 13.3. The van der Waals surface area contributed by atoms with Gasteiger partial charge in [0.15, 0.2) is 0 Å². The Hall–Kier alpha value is -2.30. The molecular formula is C18H22N4O. The second kappa shape index (κ2) is 6.44. The average molecular weight is 310 g/mol. The molecule has 0 amide bonds. The third kappa shape index (κ3) is 3.23. The van der Waals surface area contributed by atoms with Crippen LogP contribution in [0.25, 0.3) is 0 Å². The Labute approximate surface area is 136 Å². The summed E-state index contributed by atoms with van der Waals surface area (Å²) >= 11 is 0. The molecule has 5 nitrogen and oxygen atoms in total. The molecule has 0 atom stereocenters. The van der Waals surface area contributed by atoms with E-state index in [-0.39, 0.29) is 6.10 Å². The molecule has 2 aliphatic rings. The van der Waals surface area contributed by atoms with Gasteiger partial charge in [0.1, 0.15) is 29.8 Å². The van der Waals surface area contributed by atoms with Crippen molar-refractivity contribution in [2.75, 3.05) is 36.0 Å². The first-order chi connectivity index (χ1) is 11.4. The summed E-state index contributed by atoms with van der Waals surface area (Å²) in [6.45, 7) is 3.98. The van der Waals surface area contributed by atoms with Gasteiger partial charge in [-0.05, 0) is 31.4 Å². The van der Waals surface area contributed by atoms with Crippen molar-refractivity contribution in [1.82, 2.24) is 9.97 Å². The smallest absolute Gasteiger partial charge is 0.134 e. The zero-order valence-electron chi connectivity index (χ0n) is 13.3. The highest BCUT2D eigenvalue weighted by atomic mass is 16.5. The molecule has 2 aliphatic heterocycles. The number of aromatic nitrogens is 2. The average Bonchev–Trinajstić information content (AvgIpc) is 2.59. The Morgan fingerprint density at radius 1 is 0.870 bits per heavy atom. The van der Waals surface area contributed by atoms with Gasteiger partial charge in [-0.1, -0.05) is 18.2 Å². The van der Waals surface area contributed by atoms with Gasteiger partial charge in [0.2, 0.25) is 0 Å². The topological polar surface area (TPSA) is 41.5 Å². The van der Waals surface area contributed by atoms with E-state index < -0.39 is 0 Å². The minimum absolute atomic E-state index is 0.241. The van der Waals surface area contributed by atoms with E-state index in [0.717, 1.165) is 43.6 Å². The summed E-state index contributed by atoms with van der Waals surface area (Å²) < 4.78 is 5.95. The lowest BCUT2D eigenvalue weighted by Crippen LogP contribution is -2.54. The number of ether oxygens (including phenoxy) is 1. The standard InChI is InChI=1S/C18H22N4O/c1-3-7-15(8-4-1)23-16-12-22(13-16)18-11-17(19-14-20-18)21-9-5-2-6-10-21/h1,3-4,7-8,11,14,16H,2,5-6,9-10,12-13H2. The minimum Gasteiger partial charge on any atom is -0.487 e. The van der Waals surface area contributed by atoms with Crippen molar-refractivity contribution in [2.24, 2.45) is 0 Å². The van der Waals surface area contributed by atoms with E-state index in [2.05, 4.69) is 25.8 Å². The molecule has 23 heavy (non-hydrogen) atoms. The second-order valence-corrected chi connectivity index (χ2v) is 6.24. The normalized spacial score (nSPS) is 18.6. The molecule has 3 heterocycles. The van der Waals surface area contributed by atoms with Gasteiger partial charge in [-0.25, -0.2) is 9.97 Å². The Kier molecular flexibility index (Phi) is 4.01. The number of benzene rings is 1. The van der Waals surface area contributed by atoms with Gasteiger partial charge >= 0.3 is 0 Å². The lowest BCUT2D eigenvalue weighted by atomic mass is 10.1. The summed E-state index contributed by atoms with van der Waals surface area (Å²) in [6, 6.07) is 12.1. The van der Waals surface area contributed by atoms with Crippen LogP contribution in [0.2, 0.25) is 0 Å². The molecule has 0 saturated carbocycles. The zero-order chi connectivity index (χ0) is 15.5. The lowest BCUT2D eigenvalue weighted by molar-refractivity contribution is 0.167. The summed E-state index contributed by atoms with van der Waals surface area (Å²) in [5.74, 6) is 3.00. The van der Waals surface area contributed by atoms with Crippen molar-refractivity contribution < 1.29 is 4.74 Å². The predicted molar refractivity (Wildman–Crippen MR) is 91.2 cm³/mol. The maximum absolute atomic E-state index is 5.95. The summed E-state index contributed by atoms with van der Waals surface area (Å²) in [6.07, 6.45) is 5.78. The molecule has 2 aromatic rings. The molecule has 0 radical (unpaired) electrons. The molecule has 4 rings (SSSR count). The molecule has 0 spiro atoms. The maximum atomic E-state index is 5.95. The van der Waals surface area contributed by atoms with E-state index in [0.29, 0.717) is 0 Å². The van der Waals surface area contributed by atoms with Crippen molar-refractivity contribution in [3.8, 4) is 5.75 Å². The second-order valence-electron chi connectivity index (χ2n) is 6.24. The van der Waals surface area contributed by atoms with Crippen molar-refractivity contribution in [3.63, 3.8) is 0 Å². The quantitative estimate of drug-likeness (QED) is 0.868. The van der Waals surface area contributed by atoms with Gasteiger partial charge in [-0.3, -0.25) is 0 Å². The Bertz CT molecular complexity index is 636. The highest BCUT2D eigenvalue weighted by Crippen LogP contribution is 2.25.